The number of hydrogen-bond acceptors (Lipinski definition) is 6. The number of pyridine rings is 1. The molecule has 3 aromatic rings. The molecule has 0 spiro atoms. The predicted octanol–water partition coefficient (Wildman–Crippen LogP) is 5.04. The summed E-state index contributed by atoms with van der Waals surface area (Å²) in [6.07, 6.45) is -3.02. The summed E-state index contributed by atoms with van der Waals surface area (Å²) in [4.78, 5) is 29.4. The SMILES string of the molecule is COc1cc(C(=O)NC[C@H](c2cc3c(c(C#Cc4ccc(Cl)cc4F)n2)OC[C@]3(C)C(N)=O)C(F)(F)F)ccc1OC1CC1. The van der Waals surface area contributed by atoms with Crippen LogP contribution in [0.15, 0.2) is 42.5 Å². The molecule has 2 aromatic carbocycles. The van der Waals surface area contributed by atoms with Crippen molar-refractivity contribution >= 4 is 23.4 Å². The number of carbonyl (C=O) groups excluding carboxylic acids is 2. The van der Waals surface area contributed by atoms with Crippen molar-refractivity contribution in [2.45, 2.75) is 43.4 Å². The quantitative estimate of drug-likeness (QED) is 0.266. The van der Waals surface area contributed by atoms with Crippen LogP contribution in [0.5, 0.6) is 17.2 Å². The summed E-state index contributed by atoms with van der Waals surface area (Å²) in [5, 5.41) is 2.44. The van der Waals surface area contributed by atoms with Gasteiger partial charge in [-0.1, -0.05) is 17.5 Å². The van der Waals surface area contributed by atoms with Crippen molar-refractivity contribution in [2.24, 2.45) is 5.73 Å². The molecule has 3 N–H and O–H groups in total. The van der Waals surface area contributed by atoms with Gasteiger partial charge >= 0.3 is 6.18 Å². The van der Waals surface area contributed by atoms with E-state index in [9.17, 15) is 27.2 Å². The van der Waals surface area contributed by atoms with E-state index < -0.39 is 47.4 Å². The second-order valence-corrected chi connectivity index (χ2v) is 11.1. The highest BCUT2D eigenvalue weighted by molar-refractivity contribution is 6.30. The first-order chi connectivity index (χ1) is 20.8. The zero-order chi connectivity index (χ0) is 31.8. The van der Waals surface area contributed by atoms with Crippen LogP contribution in [0.3, 0.4) is 0 Å². The van der Waals surface area contributed by atoms with Crippen molar-refractivity contribution in [3.05, 3.63) is 81.4 Å². The lowest BCUT2D eigenvalue weighted by molar-refractivity contribution is -0.149. The van der Waals surface area contributed by atoms with Gasteiger partial charge in [-0.05, 0) is 68.2 Å². The first kappa shape index (κ1) is 30.9. The number of nitrogens with one attached hydrogen (secondary N) is 1. The Balaban J connectivity index is 1.49. The highest BCUT2D eigenvalue weighted by Gasteiger charge is 2.47. The number of benzene rings is 2. The summed E-state index contributed by atoms with van der Waals surface area (Å²) in [6, 6.07) is 9.14. The van der Waals surface area contributed by atoms with Crippen LogP contribution in [0.25, 0.3) is 0 Å². The van der Waals surface area contributed by atoms with E-state index in [0.717, 1.165) is 25.0 Å². The lowest BCUT2D eigenvalue weighted by Gasteiger charge is -2.23. The summed E-state index contributed by atoms with van der Waals surface area (Å²) < 4.78 is 74.5. The molecule has 1 aliphatic heterocycles. The number of hydrogen-bond donors (Lipinski definition) is 2. The number of rotatable bonds is 8. The van der Waals surface area contributed by atoms with Crippen LogP contribution in [0, 0.1) is 17.7 Å². The third kappa shape index (κ3) is 6.38. The van der Waals surface area contributed by atoms with E-state index in [1.54, 1.807) is 0 Å². The topological polar surface area (TPSA) is 113 Å². The summed E-state index contributed by atoms with van der Waals surface area (Å²) in [5.74, 6) is 1.06. The molecule has 44 heavy (non-hydrogen) atoms. The van der Waals surface area contributed by atoms with Crippen molar-refractivity contribution in [1.82, 2.24) is 10.3 Å². The van der Waals surface area contributed by atoms with Gasteiger partial charge in [-0.25, -0.2) is 9.37 Å². The summed E-state index contributed by atoms with van der Waals surface area (Å²) in [7, 11) is 1.39. The Morgan fingerprint density at radius 1 is 1.18 bits per heavy atom. The van der Waals surface area contributed by atoms with E-state index in [1.807, 2.05) is 0 Å². The van der Waals surface area contributed by atoms with Gasteiger partial charge in [-0.3, -0.25) is 9.59 Å². The van der Waals surface area contributed by atoms with E-state index >= 15 is 0 Å². The molecule has 0 radical (unpaired) electrons. The fourth-order valence-electron chi connectivity index (χ4n) is 4.54. The van der Waals surface area contributed by atoms with Crippen molar-refractivity contribution in [1.29, 1.82) is 0 Å². The Bertz CT molecular complexity index is 1700. The fraction of sp³-hybridized carbons (Fsp3) is 0.323. The van der Waals surface area contributed by atoms with Gasteiger partial charge in [0.1, 0.15) is 23.8 Å². The molecule has 2 heterocycles. The molecule has 2 aliphatic rings. The molecule has 1 aliphatic carbocycles. The maximum Gasteiger partial charge on any atom is 0.398 e. The Kier molecular flexibility index (Phi) is 8.36. The zero-order valence-electron chi connectivity index (χ0n) is 23.5. The van der Waals surface area contributed by atoms with Crippen LogP contribution in [0.1, 0.15) is 58.6 Å². The third-order valence-electron chi connectivity index (χ3n) is 7.35. The molecule has 13 heteroatoms. The molecule has 2 atom stereocenters. The number of alkyl halides is 3. The van der Waals surface area contributed by atoms with Crippen LogP contribution >= 0.6 is 11.6 Å². The number of primary amides is 1. The van der Waals surface area contributed by atoms with Crippen LogP contribution in [-0.4, -0.2) is 49.3 Å². The molecule has 2 amide bonds. The molecule has 1 saturated carbocycles. The number of nitrogens with two attached hydrogens (primary N) is 1. The number of ether oxygens (including phenoxy) is 3. The highest BCUT2D eigenvalue weighted by atomic mass is 35.5. The molecule has 0 bridgehead atoms. The number of nitrogens with zero attached hydrogens (tertiary/aromatic N) is 1. The van der Waals surface area contributed by atoms with Crippen LogP contribution in [0.4, 0.5) is 17.6 Å². The van der Waals surface area contributed by atoms with Crippen molar-refractivity contribution in [3.8, 4) is 29.1 Å². The number of methoxy groups -OCH3 is 1. The molecular formula is C31H26ClF4N3O5. The number of halogens is 5. The van der Waals surface area contributed by atoms with Gasteiger partial charge in [0, 0.05) is 22.7 Å². The van der Waals surface area contributed by atoms with Crippen molar-refractivity contribution in [3.63, 3.8) is 0 Å². The molecule has 5 rings (SSSR count). The molecule has 1 aromatic heterocycles. The first-order valence-corrected chi connectivity index (χ1v) is 13.8. The second-order valence-electron chi connectivity index (χ2n) is 10.6. The normalized spacial score (nSPS) is 17.9. The fourth-order valence-corrected chi connectivity index (χ4v) is 4.70. The number of fused-ring (bicyclic) bond motifs is 1. The van der Waals surface area contributed by atoms with E-state index in [0.29, 0.717) is 5.75 Å². The van der Waals surface area contributed by atoms with Gasteiger partial charge < -0.3 is 25.3 Å². The van der Waals surface area contributed by atoms with E-state index in [4.69, 9.17) is 31.5 Å². The van der Waals surface area contributed by atoms with Gasteiger partial charge in [-0.15, -0.1) is 0 Å². The Morgan fingerprint density at radius 3 is 2.57 bits per heavy atom. The minimum atomic E-state index is -4.89. The van der Waals surface area contributed by atoms with E-state index in [2.05, 4.69) is 22.1 Å². The van der Waals surface area contributed by atoms with Gasteiger partial charge in [-0.2, -0.15) is 13.2 Å². The van der Waals surface area contributed by atoms with Gasteiger partial charge in [0.2, 0.25) is 5.91 Å². The zero-order valence-corrected chi connectivity index (χ0v) is 24.2. The van der Waals surface area contributed by atoms with Gasteiger partial charge in [0.25, 0.3) is 5.91 Å². The smallest absolute Gasteiger partial charge is 0.398 e. The van der Waals surface area contributed by atoms with Gasteiger partial charge in [0.05, 0.1) is 24.5 Å². The lowest BCUT2D eigenvalue weighted by Crippen LogP contribution is -2.40. The Hall–Kier alpha value is -4.50. The average Bonchev–Trinajstić information content (AvgIpc) is 3.72. The van der Waals surface area contributed by atoms with Gasteiger partial charge in [0.15, 0.2) is 22.9 Å². The van der Waals surface area contributed by atoms with Crippen LogP contribution in [0.2, 0.25) is 5.02 Å². The van der Waals surface area contributed by atoms with E-state index in [1.165, 1.54) is 44.4 Å². The molecule has 8 nitrogen and oxygen atoms in total. The first-order valence-electron chi connectivity index (χ1n) is 13.4. The average molecular weight is 632 g/mol. The van der Waals surface area contributed by atoms with Crippen molar-refractivity contribution in [2.75, 3.05) is 20.3 Å². The molecular weight excluding hydrogens is 606 g/mol. The summed E-state index contributed by atoms with van der Waals surface area (Å²) in [6.45, 7) is 0.265. The number of aromatic nitrogens is 1. The predicted molar refractivity (Wildman–Crippen MR) is 151 cm³/mol. The third-order valence-corrected chi connectivity index (χ3v) is 7.58. The monoisotopic (exact) mass is 631 g/mol. The largest absolute Gasteiger partial charge is 0.493 e. The number of amides is 2. The molecule has 0 saturated heterocycles. The molecule has 1 fully saturated rings. The highest BCUT2D eigenvalue weighted by Crippen LogP contribution is 2.43. The van der Waals surface area contributed by atoms with Crippen LogP contribution < -0.4 is 25.3 Å². The number of carbonyl (C=O) groups is 2. The Labute approximate surface area is 254 Å². The maximum atomic E-state index is 14.5. The van der Waals surface area contributed by atoms with Crippen molar-refractivity contribution < 1.29 is 41.4 Å². The second kappa shape index (κ2) is 11.9. The Morgan fingerprint density at radius 2 is 1.93 bits per heavy atom. The minimum Gasteiger partial charge on any atom is -0.493 e. The summed E-state index contributed by atoms with van der Waals surface area (Å²) in [5.41, 5.74) is 3.33. The maximum absolute atomic E-state index is 14.5. The minimum absolute atomic E-state index is 0.0394. The molecule has 0 unspecified atom stereocenters. The lowest BCUT2D eigenvalue weighted by atomic mass is 9.82. The molecule has 230 valence electrons. The van der Waals surface area contributed by atoms with E-state index in [-0.39, 0.29) is 51.6 Å². The summed E-state index contributed by atoms with van der Waals surface area (Å²) >= 11 is 5.79. The van der Waals surface area contributed by atoms with Crippen LogP contribution in [-0.2, 0) is 10.2 Å². The standard InChI is InChI=1S/C31H26ClF4N3O5/c1-30(29(37)41)15-43-27-20(30)13-24(39-23(27)9-4-16-3-6-18(32)12-22(16)33)21(31(34,35)36)14-38-28(40)17-5-10-25(26(11-17)42-2)44-19-7-8-19/h3,5-6,10-13,19,21H,7-8,14-15H2,1-2H3,(H2,37,41)(H,38,40)/t21-,30+/m1/s1.